The predicted molar refractivity (Wildman–Crippen MR) is 140 cm³/mol. The van der Waals surface area contributed by atoms with E-state index in [2.05, 4.69) is 24.4 Å². The van der Waals surface area contributed by atoms with Crippen LogP contribution < -0.4 is 26.0 Å². The lowest BCUT2D eigenvalue weighted by Crippen LogP contribution is -2.42. The molecule has 1 aliphatic heterocycles. The summed E-state index contributed by atoms with van der Waals surface area (Å²) < 4.78 is 14.9. The molecule has 8 heteroatoms. The van der Waals surface area contributed by atoms with Crippen molar-refractivity contribution < 1.29 is 14.3 Å². The average Bonchev–Trinajstić information content (AvgIpc) is 3.02. The Bertz CT molecular complexity index is 1400. The monoisotopic (exact) mass is 490 g/mol. The van der Waals surface area contributed by atoms with Gasteiger partial charge in [-0.25, -0.2) is 9.79 Å². The number of methoxy groups -OCH3 is 1. The number of carbonyl (C=O) groups excluding carboxylic acids is 1. The van der Waals surface area contributed by atoms with Gasteiger partial charge in [-0.2, -0.15) is 0 Å². The summed E-state index contributed by atoms with van der Waals surface area (Å²) in [4.78, 5) is 29.7. The number of benzene rings is 2. The number of fused-ring (bicyclic) bond motifs is 3. The molecule has 0 radical (unpaired) electrons. The van der Waals surface area contributed by atoms with Crippen LogP contribution in [0, 0.1) is 20.8 Å². The van der Waals surface area contributed by atoms with E-state index in [0.717, 1.165) is 46.5 Å². The van der Waals surface area contributed by atoms with Crippen LogP contribution in [0.25, 0.3) is 11.3 Å². The molecule has 1 amide bonds. The Morgan fingerprint density at radius 1 is 1.08 bits per heavy atom. The molecule has 0 bridgehead atoms. The second kappa shape index (κ2) is 10.8. The number of carbonyl (C=O) groups is 1. The lowest BCUT2D eigenvalue weighted by molar-refractivity contribution is -0.109. The number of hydrogen-bond acceptors (Lipinski definition) is 5. The molecular weight excluding hydrogens is 456 g/mol. The highest BCUT2D eigenvalue weighted by atomic mass is 16.5. The summed E-state index contributed by atoms with van der Waals surface area (Å²) in [5.41, 5.74) is 7.36. The second-order valence-electron chi connectivity index (χ2n) is 9.10. The minimum absolute atomic E-state index is 0.151. The van der Waals surface area contributed by atoms with E-state index in [4.69, 9.17) is 14.5 Å². The van der Waals surface area contributed by atoms with Gasteiger partial charge in [-0.1, -0.05) is 17.7 Å². The van der Waals surface area contributed by atoms with Gasteiger partial charge in [0.15, 0.2) is 11.5 Å². The van der Waals surface area contributed by atoms with Gasteiger partial charge in [0.1, 0.15) is 5.49 Å². The van der Waals surface area contributed by atoms with Crippen LogP contribution in [-0.4, -0.2) is 35.8 Å². The van der Waals surface area contributed by atoms with Gasteiger partial charge >= 0.3 is 5.69 Å². The first-order valence-electron chi connectivity index (χ1n) is 12.4. The molecule has 0 saturated heterocycles. The summed E-state index contributed by atoms with van der Waals surface area (Å²) in [6.45, 7) is 9.84. The van der Waals surface area contributed by atoms with E-state index in [1.54, 1.807) is 16.2 Å². The van der Waals surface area contributed by atoms with E-state index in [1.165, 1.54) is 5.56 Å². The number of hydrogen-bond donors (Lipinski definition) is 1. The summed E-state index contributed by atoms with van der Waals surface area (Å²) in [5.74, 6) is 1.34. The third-order valence-corrected chi connectivity index (χ3v) is 6.51. The summed E-state index contributed by atoms with van der Waals surface area (Å²) in [6, 6.07) is 10.1. The van der Waals surface area contributed by atoms with Crippen molar-refractivity contribution in [3.05, 3.63) is 68.6 Å². The fraction of sp³-hybridized carbons (Fsp3) is 0.393. The molecule has 8 nitrogen and oxygen atoms in total. The minimum atomic E-state index is -0.151. The number of aromatic nitrogens is 2. The molecule has 0 unspecified atom stereocenters. The van der Waals surface area contributed by atoms with Gasteiger partial charge in [0, 0.05) is 31.3 Å². The minimum Gasteiger partial charge on any atom is -0.493 e. The van der Waals surface area contributed by atoms with Gasteiger partial charge in [-0.15, -0.1) is 0 Å². The first kappa shape index (κ1) is 25.3. The molecule has 0 spiro atoms. The van der Waals surface area contributed by atoms with Crippen LogP contribution in [0.15, 0.2) is 40.1 Å². The molecule has 4 rings (SSSR count). The van der Waals surface area contributed by atoms with E-state index >= 15 is 0 Å². The van der Waals surface area contributed by atoms with E-state index in [9.17, 15) is 9.59 Å². The molecule has 36 heavy (non-hydrogen) atoms. The number of amides is 1. The van der Waals surface area contributed by atoms with Crippen molar-refractivity contribution in [1.29, 1.82) is 0 Å². The molecule has 3 aromatic rings. The van der Waals surface area contributed by atoms with E-state index < -0.39 is 0 Å². The maximum Gasteiger partial charge on any atom is 0.330 e. The maximum atomic E-state index is 13.8. The number of ether oxygens (including phenoxy) is 2. The standard InChI is InChI=1S/C28H34N4O4/c1-6-36-25-14-21-8-7-10-31-23(22(21)15-24(25)35-5)16-26(32(28(31)34)11-9-29-17-33)30-27-19(3)12-18(2)13-20(27)4/h12-17H,6-11H2,1-5H3,(H,29,33)/b30-26+. The van der Waals surface area contributed by atoms with Crippen LogP contribution >= 0.6 is 0 Å². The Kier molecular flexibility index (Phi) is 7.62. The molecule has 0 fully saturated rings. The lowest BCUT2D eigenvalue weighted by Gasteiger charge is -2.18. The summed E-state index contributed by atoms with van der Waals surface area (Å²) >= 11 is 0. The van der Waals surface area contributed by atoms with Gasteiger partial charge in [-0.3, -0.25) is 13.9 Å². The molecule has 2 heterocycles. The Hall–Kier alpha value is -3.81. The van der Waals surface area contributed by atoms with Crippen molar-refractivity contribution in [2.24, 2.45) is 4.99 Å². The number of rotatable bonds is 8. The maximum absolute atomic E-state index is 13.8. The average molecular weight is 491 g/mol. The van der Waals surface area contributed by atoms with Gasteiger partial charge < -0.3 is 14.8 Å². The quantitative estimate of drug-likeness (QED) is 0.386. The molecular formula is C28H34N4O4. The van der Waals surface area contributed by atoms with Crippen LogP contribution in [0.3, 0.4) is 0 Å². The molecule has 0 saturated carbocycles. The van der Waals surface area contributed by atoms with Crippen LogP contribution in [0.2, 0.25) is 0 Å². The Morgan fingerprint density at radius 2 is 1.83 bits per heavy atom. The number of nitrogens with zero attached hydrogens (tertiary/aromatic N) is 3. The zero-order chi connectivity index (χ0) is 25.8. The molecule has 0 aliphatic carbocycles. The van der Waals surface area contributed by atoms with Crippen LogP contribution in [-0.2, 0) is 24.3 Å². The first-order chi connectivity index (χ1) is 17.4. The SMILES string of the molecule is CCOc1cc2c(cc1OC)-c1c/c(=N\c3c(C)cc(C)cc3C)n(CCNC=O)c(=O)n1CCC2. The largest absolute Gasteiger partial charge is 0.493 e. The summed E-state index contributed by atoms with van der Waals surface area (Å²) in [6.07, 6.45) is 2.28. The zero-order valence-electron chi connectivity index (χ0n) is 21.7. The highest BCUT2D eigenvalue weighted by molar-refractivity contribution is 5.69. The van der Waals surface area contributed by atoms with Crippen molar-refractivity contribution in [1.82, 2.24) is 14.5 Å². The summed E-state index contributed by atoms with van der Waals surface area (Å²) in [7, 11) is 1.62. The normalized spacial score (nSPS) is 13.0. The van der Waals surface area contributed by atoms with Crippen molar-refractivity contribution in [3.63, 3.8) is 0 Å². The molecule has 190 valence electrons. The van der Waals surface area contributed by atoms with E-state index in [1.807, 2.05) is 39.0 Å². The Morgan fingerprint density at radius 3 is 2.50 bits per heavy atom. The smallest absolute Gasteiger partial charge is 0.330 e. The van der Waals surface area contributed by atoms with Gasteiger partial charge in [0.2, 0.25) is 6.41 Å². The zero-order valence-corrected chi connectivity index (χ0v) is 21.7. The van der Waals surface area contributed by atoms with Crippen LogP contribution in [0.1, 0.15) is 35.6 Å². The summed E-state index contributed by atoms with van der Waals surface area (Å²) in [5, 5.41) is 2.66. The van der Waals surface area contributed by atoms with Crippen LogP contribution in [0.5, 0.6) is 11.5 Å². The second-order valence-corrected chi connectivity index (χ2v) is 9.10. The topological polar surface area (TPSA) is 86.8 Å². The molecule has 0 atom stereocenters. The van der Waals surface area contributed by atoms with Crippen molar-refractivity contribution in [2.45, 2.75) is 53.6 Å². The van der Waals surface area contributed by atoms with Crippen molar-refractivity contribution >= 4 is 12.1 Å². The molecule has 1 aromatic heterocycles. The molecule has 1 aliphatic rings. The fourth-order valence-corrected chi connectivity index (χ4v) is 4.97. The number of aryl methyl sites for hydroxylation is 4. The van der Waals surface area contributed by atoms with E-state index in [0.29, 0.717) is 49.6 Å². The number of nitrogens with one attached hydrogen (secondary N) is 1. The highest BCUT2D eigenvalue weighted by Gasteiger charge is 2.21. The Labute approximate surface area is 211 Å². The Balaban J connectivity index is 2.01. The first-order valence-corrected chi connectivity index (χ1v) is 12.4. The predicted octanol–water partition coefficient (Wildman–Crippen LogP) is 3.57. The third kappa shape index (κ3) is 4.94. The lowest BCUT2D eigenvalue weighted by atomic mass is 10.0. The van der Waals surface area contributed by atoms with Crippen LogP contribution in [0.4, 0.5) is 5.69 Å². The fourth-order valence-electron chi connectivity index (χ4n) is 4.97. The van der Waals surface area contributed by atoms with Gasteiger partial charge in [0.25, 0.3) is 0 Å². The van der Waals surface area contributed by atoms with Crippen molar-refractivity contribution in [2.75, 3.05) is 20.3 Å². The third-order valence-electron chi connectivity index (χ3n) is 6.51. The highest BCUT2D eigenvalue weighted by Crippen LogP contribution is 2.37. The van der Waals surface area contributed by atoms with E-state index in [-0.39, 0.29) is 5.69 Å². The molecule has 2 aromatic carbocycles. The van der Waals surface area contributed by atoms with Gasteiger partial charge in [0.05, 0.1) is 25.1 Å². The van der Waals surface area contributed by atoms with Crippen molar-refractivity contribution in [3.8, 4) is 22.8 Å². The molecule has 1 N–H and O–H groups in total. The van der Waals surface area contributed by atoms with Gasteiger partial charge in [-0.05, 0) is 69.4 Å².